The van der Waals surface area contributed by atoms with Crippen LogP contribution in [0.3, 0.4) is 0 Å². The van der Waals surface area contributed by atoms with Crippen molar-refractivity contribution in [1.29, 1.82) is 0 Å². The Morgan fingerprint density at radius 3 is 2.29 bits per heavy atom. The average molecular weight is 325 g/mol. The molecule has 1 saturated heterocycles. The van der Waals surface area contributed by atoms with Gasteiger partial charge in [-0.05, 0) is 38.4 Å². The van der Waals surface area contributed by atoms with Gasteiger partial charge < -0.3 is 15.1 Å². The van der Waals surface area contributed by atoms with E-state index < -0.39 is 0 Å². The number of anilines is 3. The van der Waals surface area contributed by atoms with E-state index in [4.69, 9.17) is 4.98 Å². The van der Waals surface area contributed by atoms with Crippen LogP contribution in [0.25, 0.3) is 0 Å². The molecule has 0 atom stereocenters. The maximum atomic E-state index is 4.77. The lowest BCUT2D eigenvalue weighted by molar-refractivity contribution is 0.270. The number of piperazine rings is 1. The first kappa shape index (κ1) is 16.7. The molecule has 1 fully saturated rings. The largest absolute Gasteiger partial charge is 0.354 e. The third-order valence-corrected chi connectivity index (χ3v) is 4.70. The van der Waals surface area contributed by atoms with Crippen molar-refractivity contribution in [3.8, 4) is 0 Å². The number of para-hydroxylation sites is 1. The van der Waals surface area contributed by atoms with Crippen LogP contribution >= 0.6 is 0 Å². The minimum absolute atomic E-state index is 0.681. The van der Waals surface area contributed by atoms with Crippen molar-refractivity contribution in [1.82, 2.24) is 14.9 Å². The van der Waals surface area contributed by atoms with Crippen LogP contribution in [0.15, 0.2) is 24.3 Å². The van der Waals surface area contributed by atoms with Crippen molar-refractivity contribution in [2.24, 2.45) is 0 Å². The number of benzene rings is 1. The fourth-order valence-electron chi connectivity index (χ4n) is 3.19. The molecule has 1 aromatic heterocycles. The van der Waals surface area contributed by atoms with Gasteiger partial charge in [-0.2, -0.15) is 4.98 Å². The summed E-state index contributed by atoms with van der Waals surface area (Å²) in [6.07, 6.45) is 0. The van der Waals surface area contributed by atoms with Crippen molar-refractivity contribution >= 4 is 17.5 Å². The summed E-state index contributed by atoms with van der Waals surface area (Å²) in [5.74, 6) is 1.70. The van der Waals surface area contributed by atoms with Crippen LogP contribution in [-0.4, -0.2) is 47.6 Å². The number of hydrogen-bond donors (Lipinski definition) is 1. The van der Waals surface area contributed by atoms with Gasteiger partial charge in [0.15, 0.2) is 0 Å². The Bertz CT molecular complexity index is 685. The smallest absolute Gasteiger partial charge is 0.229 e. The molecule has 0 amide bonds. The summed E-state index contributed by atoms with van der Waals surface area (Å²) in [7, 11) is 0. The monoisotopic (exact) mass is 325 g/mol. The normalized spacial score (nSPS) is 15.6. The molecule has 0 unspecified atom stereocenters. The number of rotatable bonds is 4. The molecule has 5 heteroatoms. The molecule has 0 aliphatic carbocycles. The van der Waals surface area contributed by atoms with E-state index in [1.54, 1.807) is 0 Å². The SMILES string of the molecule is CCN1CCN(c2cc(C)nc(Nc3c(C)cccc3C)n2)CC1. The maximum absolute atomic E-state index is 4.77. The number of hydrogen-bond acceptors (Lipinski definition) is 5. The standard InChI is InChI=1S/C19H27N5/c1-5-23-9-11-24(12-10-23)17-13-16(4)20-19(21-17)22-18-14(2)7-6-8-15(18)3/h6-8,13H,5,9-12H2,1-4H3,(H,20,21,22). The van der Waals surface area contributed by atoms with Crippen molar-refractivity contribution in [2.75, 3.05) is 42.9 Å². The predicted octanol–water partition coefficient (Wildman–Crippen LogP) is 3.29. The predicted molar refractivity (Wildman–Crippen MR) is 100 cm³/mol. The number of nitrogens with one attached hydrogen (secondary N) is 1. The molecule has 2 heterocycles. The van der Waals surface area contributed by atoms with Gasteiger partial charge in [0.05, 0.1) is 0 Å². The highest BCUT2D eigenvalue weighted by Crippen LogP contribution is 2.24. The summed E-state index contributed by atoms with van der Waals surface area (Å²) in [5, 5.41) is 3.42. The highest BCUT2D eigenvalue weighted by Gasteiger charge is 2.18. The molecule has 5 nitrogen and oxygen atoms in total. The fraction of sp³-hybridized carbons (Fsp3) is 0.474. The van der Waals surface area contributed by atoms with Crippen LogP contribution in [0.2, 0.25) is 0 Å². The second-order valence-corrected chi connectivity index (χ2v) is 6.50. The van der Waals surface area contributed by atoms with E-state index in [-0.39, 0.29) is 0 Å². The average Bonchev–Trinajstić information content (AvgIpc) is 2.58. The second kappa shape index (κ2) is 7.18. The van der Waals surface area contributed by atoms with Crippen LogP contribution < -0.4 is 10.2 Å². The Balaban J connectivity index is 1.82. The van der Waals surface area contributed by atoms with E-state index in [1.165, 1.54) is 11.1 Å². The number of nitrogens with zero attached hydrogens (tertiary/aromatic N) is 4. The first-order chi connectivity index (χ1) is 11.6. The quantitative estimate of drug-likeness (QED) is 0.934. The zero-order valence-corrected chi connectivity index (χ0v) is 15.1. The first-order valence-corrected chi connectivity index (χ1v) is 8.73. The van der Waals surface area contributed by atoms with E-state index in [9.17, 15) is 0 Å². The van der Waals surface area contributed by atoms with Gasteiger partial charge >= 0.3 is 0 Å². The molecule has 0 bridgehead atoms. The molecule has 3 rings (SSSR count). The van der Waals surface area contributed by atoms with Crippen LogP contribution in [0, 0.1) is 20.8 Å². The lowest BCUT2D eigenvalue weighted by Crippen LogP contribution is -2.46. The summed E-state index contributed by atoms with van der Waals surface area (Å²) in [6, 6.07) is 8.37. The summed E-state index contributed by atoms with van der Waals surface area (Å²) < 4.78 is 0. The van der Waals surface area contributed by atoms with Crippen LogP contribution in [-0.2, 0) is 0 Å². The maximum Gasteiger partial charge on any atom is 0.229 e. The van der Waals surface area contributed by atoms with Gasteiger partial charge in [-0.1, -0.05) is 25.1 Å². The molecule has 128 valence electrons. The Morgan fingerprint density at radius 1 is 1.00 bits per heavy atom. The lowest BCUT2D eigenvalue weighted by Gasteiger charge is -2.34. The third kappa shape index (κ3) is 3.67. The molecule has 1 N–H and O–H groups in total. The second-order valence-electron chi connectivity index (χ2n) is 6.50. The Labute approximate surface area is 144 Å². The number of aromatic nitrogens is 2. The lowest BCUT2D eigenvalue weighted by atomic mass is 10.1. The molecule has 24 heavy (non-hydrogen) atoms. The molecule has 0 saturated carbocycles. The molecule has 0 spiro atoms. The van der Waals surface area contributed by atoms with Crippen LogP contribution in [0.5, 0.6) is 0 Å². The highest BCUT2D eigenvalue weighted by atomic mass is 15.3. The Hall–Kier alpha value is -2.14. The van der Waals surface area contributed by atoms with Gasteiger partial charge in [-0.25, -0.2) is 4.98 Å². The number of aryl methyl sites for hydroxylation is 3. The van der Waals surface area contributed by atoms with Crippen molar-refractivity contribution in [2.45, 2.75) is 27.7 Å². The van der Waals surface area contributed by atoms with E-state index in [1.807, 2.05) is 6.92 Å². The summed E-state index contributed by atoms with van der Waals surface area (Å²) in [5.41, 5.74) is 4.51. The van der Waals surface area contributed by atoms with Crippen molar-refractivity contribution in [3.63, 3.8) is 0 Å². The Kier molecular flexibility index (Phi) is 5.00. The molecular formula is C19H27N5. The van der Waals surface area contributed by atoms with Crippen molar-refractivity contribution < 1.29 is 0 Å². The zero-order valence-electron chi connectivity index (χ0n) is 15.1. The highest BCUT2D eigenvalue weighted by molar-refractivity contribution is 5.63. The molecule has 1 aliphatic heterocycles. The van der Waals surface area contributed by atoms with Gasteiger partial charge in [0, 0.05) is 43.6 Å². The third-order valence-electron chi connectivity index (χ3n) is 4.70. The van der Waals surface area contributed by atoms with Crippen molar-refractivity contribution in [3.05, 3.63) is 41.1 Å². The molecule has 1 aromatic carbocycles. The molecule has 1 aliphatic rings. The van der Waals surface area contributed by atoms with Crippen LogP contribution in [0.4, 0.5) is 17.5 Å². The minimum atomic E-state index is 0.681. The molecule has 2 aromatic rings. The van der Waals surface area contributed by atoms with Gasteiger partial charge in [0.25, 0.3) is 0 Å². The summed E-state index contributed by atoms with van der Waals surface area (Å²) in [4.78, 5) is 14.2. The fourth-order valence-corrected chi connectivity index (χ4v) is 3.19. The summed E-state index contributed by atoms with van der Waals surface area (Å²) in [6.45, 7) is 13.8. The minimum Gasteiger partial charge on any atom is -0.354 e. The van der Waals surface area contributed by atoms with Gasteiger partial charge in [0.1, 0.15) is 5.82 Å². The van der Waals surface area contributed by atoms with Crippen LogP contribution in [0.1, 0.15) is 23.7 Å². The van der Waals surface area contributed by atoms with E-state index in [2.05, 4.69) is 65.1 Å². The van der Waals surface area contributed by atoms with Gasteiger partial charge in [-0.3, -0.25) is 0 Å². The molecular weight excluding hydrogens is 298 g/mol. The molecule has 0 radical (unpaired) electrons. The Morgan fingerprint density at radius 2 is 1.67 bits per heavy atom. The van der Waals surface area contributed by atoms with E-state index >= 15 is 0 Å². The summed E-state index contributed by atoms with van der Waals surface area (Å²) >= 11 is 0. The number of likely N-dealkylation sites (N-methyl/N-ethyl adjacent to an activating group) is 1. The first-order valence-electron chi connectivity index (χ1n) is 8.73. The topological polar surface area (TPSA) is 44.3 Å². The van der Waals surface area contributed by atoms with E-state index in [0.29, 0.717) is 5.95 Å². The van der Waals surface area contributed by atoms with E-state index in [0.717, 1.165) is 49.9 Å². The van der Waals surface area contributed by atoms with Gasteiger partial charge in [-0.15, -0.1) is 0 Å². The van der Waals surface area contributed by atoms with Gasteiger partial charge in [0.2, 0.25) is 5.95 Å². The zero-order chi connectivity index (χ0) is 17.1.